The molecule has 0 aliphatic carbocycles. The number of para-hydroxylation sites is 1. The topological polar surface area (TPSA) is 48.1 Å². The first-order chi connectivity index (χ1) is 10.3. The Morgan fingerprint density at radius 3 is 2.52 bits per heavy atom. The molecule has 1 aromatic heterocycles. The molecule has 0 unspecified atom stereocenters. The summed E-state index contributed by atoms with van der Waals surface area (Å²) >= 11 is 0. The summed E-state index contributed by atoms with van der Waals surface area (Å²) in [5.41, 5.74) is 8.75. The maximum Gasteiger partial charge on any atom is 0.138 e. The van der Waals surface area contributed by atoms with Gasteiger partial charge in [-0.3, -0.25) is 4.98 Å². The van der Waals surface area contributed by atoms with E-state index in [1.807, 2.05) is 42.5 Å². The van der Waals surface area contributed by atoms with Gasteiger partial charge in [0.25, 0.3) is 0 Å². The van der Waals surface area contributed by atoms with E-state index in [-0.39, 0.29) is 0 Å². The summed E-state index contributed by atoms with van der Waals surface area (Å²) < 4.78 is 6.04. The van der Waals surface area contributed by atoms with Crippen molar-refractivity contribution in [2.24, 2.45) is 5.73 Å². The molecule has 0 radical (unpaired) electrons. The maximum atomic E-state index is 6.04. The normalized spacial score (nSPS) is 10.8. The van der Waals surface area contributed by atoms with Crippen molar-refractivity contribution < 1.29 is 4.74 Å². The summed E-state index contributed by atoms with van der Waals surface area (Å²) in [4.78, 5) is 4.52. The molecular weight excluding hydrogens is 260 g/mol. The molecule has 0 spiro atoms. The average Bonchev–Trinajstić information content (AvgIpc) is 2.55. The fraction of sp³-hybridized carbons (Fsp3) is 0.167. The lowest BCUT2D eigenvalue weighted by Gasteiger charge is -2.11. The highest BCUT2D eigenvalue weighted by Gasteiger charge is 2.07. The maximum absolute atomic E-state index is 6.04. The van der Waals surface area contributed by atoms with Crippen LogP contribution in [-0.4, -0.2) is 4.98 Å². The molecule has 3 nitrogen and oxygen atoms in total. The molecule has 3 aromatic rings. The van der Waals surface area contributed by atoms with E-state index in [1.54, 1.807) is 0 Å². The standard InChI is InChI=1S/C18H18N2O/c1-2-13-7-9-15(10-8-13)21-18-11-14(12-19)20-17-6-4-3-5-16(17)18/h3-11H,2,12,19H2,1H3. The Morgan fingerprint density at radius 1 is 1.05 bits per heavy atom. The zero-order valence-electron chi connectivity index (χ0n) is 12.0. The molecule has 3 heteroatoms. The van der Waals surface area contributed by atoms with Gasteiger partial charge in [-0.2, -0.15) is 0 Å². The predicted molar refractivity (Wildman–Crippen MR) is 85.5 cm³/mol. The molecule has 0 aliphatic heterocycles. The molecule has 2 aromatic carbocycles. The third-order valence-corrected chi connectivity index (χ3v) is 3.50. The first kappa shape index (κ1) is 13.6. The van der Waals surface area contributed by atoms with Crippen LogP contribution >= 0.6 is 0 Å². The van der Waals surface area contributed by atoms with Gasteiger partial charge in [0.2, 0.25) is 0 Å². The number of fused-ring (bicyclic) bond motifs is 1. The first-order valence-electron chi connectivity index (χ1n) is 7.15. The van der Waals surface area contributed by atoms with Crippen molar-refractivity contribution in [2.45, 2.75) is 19.9 Å². The summed E-state index contributed by atoms with van der Waals surface area (Å²) in [7, 11) is 0. The van der Waals surface area contributed by atoms with Crippen LogP contribution < -0.4 is 10.5 Å². The predicted octanol–water partition coefficient (Wildman–Crippen LogP) is 4.05. The van der Waals surface area contributed by atoms with Gasteiger partial charge in [0.1, 0.15) is 11.5 Å². The number of hydrogen-bond acceptors (Lipinski definition) is 3. The van der Waals surface area contributed by atoms with Crippen molar-refractivity contribution in [2.75, 3.05) is 0 Å². The minimum absolute atomic E-state index is 0.399. The Labute approximate surface area is 124 Å². The molecule has 0 bridgehead atoms. The van der Waals surface area contributed by atoms with Crippen molar-refractivity contribution in [3.8, 4) is 11.5 Å². The lowest BCUT2D eigenvalue weighted by molar-refractivity contribution is 0.487. The van der Waals surface area contributed by atoms with Gasteiger partial charge in [-0.15, -0.1) is 0 Å². The summed E-state index contributed by atoms with van der Waals surface area (Å²) in [6.45, 7) is 2.54. The van der Waals surface area contributed by atoms with E-state index in [9.17, 15) is 0 Å². The second-order valence-electron chi connectivity index (χ2n) is 4.93. The van der Waals surface area contributed by atoms with Gasteiger partial charge < -0.3 is 10.5 Å². The van der Waals surface area contributed by atoms with Crippen molar-refractivity contribution in [3.63, 3.8) is 0 Å². The molecule has 0 fully saturated rings. The molecule has 2 N–H and O–H groups in total. The molecule has 0 aliphatic rings. The highest BCUT2D eigenvalue weighted by atomic mass is 16.5. The van der Waals surface area contributed by atoms with E-state index >= 15 is 0 Å². The minimum atomic E-state index is 0.399. The van der Waals surface area contributed by atoms with Crippen molar-refractivity contribution in [1.29, 1.82) is 0 Å². The zero-order chi connectivity index (χ0) is 14.7. The van der Waals surface area contributed by atoms with Gasteiger partial charge in [0.15, 0.2) is 0 Å². The van der Waals surface area contributed by atoms with E-state index < -0.39 is 0 Å². The Morgan fingerprint density at radius 2 is 1.81 bits per heavy atom. The van der Waals surface area contributed by atoms with Gasteiger partial charge >= 0.3 is 0 Å². The van der Waals surface area contributed by atoms with Crippen LogP contribution in [-0.2, 0) is 13.0 Å². The lowest BCUT2D eigenvalue weighted by atomic mass is 10.1. The largest absolute Gasteiger partial charge is 0.457 e. The number of hydrogen-bond donors (Lipinski definition) is 1. The second kappa shape index (κ2) is 5.94. The molecular formula is C18H18N2O. The molecule has 3 rings (SSSR count). The molecule has 0 saturated carbocycles. The van der Waals surface area contributed by atoms with Gasteiger partial charge in [0.05, 0.1) is 11.2 Å². The smallest absolute Gasteiger partial charge is 0.138 e. The zero-order valence-corrected chi connectivity index (χ0v) is 12.0. The van der Waals surface area contributed by atoms with Crippen LogP contribution in [0.1, 0.15) is 18.2 Å². The van der Waals surface area contributed by atoms with Crippen LogP contribution in [0.3, 0.4) is 0 Å². The Balaban J connectivity index is 2.01. The summed E-state index contributed by atoms with van der Waals surface area (Å²) in [6.07, 6.45) is 1.02. The van der Waals surface area contributed by atoms with Crippen LogP contribution in [0.4, 0.5) is 0 Å². The van der Waals surface area contributed by atoms with Crippen molar-refractivity contribution >= 4 is 10.9 Å². The highest BCUT2D eigenvalue weighted by Crippen LogP contribution is 2.30. The van der Waals surface area contributed by atoms with E-state index in [0.717, 1.165) is 34.5 Å². The third kappa shape index (κ3) is 2.88. The van der Waals surface area contributed by atoms with Gasteiger partial charge in [0, 0.05) is 18.0 Å². The van der Waals surface area contributed by atoms with E-state index in [2.05, 4.69) is 24.0 Å². The van der Waals surface area contributed by atoms with Crippen LogP contribution in [0, 0.1) is 0 Å². The van der Waals surface area contributed by atoms with E-state index in [0.29, 0.717) is 6.54 Å². The first-order valence-corrected chi connectivity index (χ1v) is 7.15. The molecule has 0 amide bonds. The molecule has 106 valence electrons. The molecule has 0 atom stereocenters. The molecule has 1 heterocycles. The number of aryl methyl sites for hydroxylation is 1. The highest BCUT2D eigenvalue weighted by molar-refractivity contribution is 5.85. The van der Waals surface area contributed by atoms with Crippen LogP contribution in [0.2, 0.25) is 0 Å². The van der Waals surface area contributed by atoms with Crippen molar-refractivity contribution in [1.82, 2.24) is 4.98 Å². The number of nitrogens with zero attached hydrogens (tertiary/aromatic N) is 1. The van der Waals surface area contributed by atoms with Gasteiger partial charge in [-0.1, -0.05) is 31.2 Å². The average molecular weight is 278 g/mol. The number of nitrogens with two attached hydrogens (primary N) is 1. The van der Waals surface area contributed by atoms with Crippen LogP contribution in [0.25, 0.3) is 10.9 Å². The Bertz CT molecular complexity index is 751. The molecule has 0 saturated heterocycles. The minimum Gasteiger partial charge on any atom is -0.457 e. The summed E-state index contributed by atoms with van der Waals surface area (Å²) in [6, 6.07) is 18.0. The fourth-order valence-corrected chi connectivity index (χ4v) is 2.30. The number of rotatable bonds is 4. The van der Waals surface area contributed by atoms with Crippen LogP contribution in [0.15, 0.2) is 54.6 Å². The quantitative estimate of drug-likeness (QED) is 0.783. The number of aromatic nitrogens is 1. The SMILES string of the molecule is CCc1ccc(Oc2cc(CN)nc3ccccc23)cc1. The summed E-state index contributed by atoms with van der Waals surface area (Å²) in [5, 5.41) is 0.995. The molecule has 21 heavy (non-hydrogen) atoms. The number of ether oxygens (including phenoxy) is 1. The van der Waals surface area contributed by atoms with E-state index in [1.165, 1.54) is 5.56 Å². The third-order valence-electron chi connectivity index (χ3n) is 3.50. The monoisotopic (exact) mass is 278 g/mol. The summed E-state index contributed by atoms with van der Waals surface area (Å²) in [5.74, 6) is 1.62. The number of pyridine rings is 1. The van der Waals surface area contributed by atoms with Gasteiger partial charge in [-0.05, 0) is 36.2 Å². The Kier molecular flexibility index (Phi) is 3.84. The van der Waals surface area contributed by atoms with E-state index in [4.69, 9.17) is 10.5 Å². The lowest BCUT2D eigenvalue weighted by Crippen LogP contribution is -2.00. The number of benzene rings is 2. The Hall–Kier alpha value is -2.39. The van der Waals surface area contributed by atoms with Crippen LogP contribution in [0.5, 0.6) is 11.5 Å². The fourth-order valence-electron chi connectivity index (χ4n) is 2.30. The second-order valence-corrected chi connectivity index (χ2v) is 4.93. The van der Waals surface area contributed by atoms with Crippen molar-refractivity contribution in [3.05, 3.63) is 65.9 Å². The van der Waals surface area contributed by atoms with Gasteiger partial charge in [-0.25, -0.2) is 0 Å².